The molecule has 0 saturated heterocycles. The standard InChI is InChI=1S/C18H15ClFN3O3/c1-9(24)21-15-5-3-11(7-14(15)19)22-18(26)13-8-17(25)23-16-6-10(20)2-4-12(13)16/h2-7,13H,8H2,1H3,(H,21,24)(H,22,26)(H,23,25)/t13-/m1/s1. The molecule has 0 saturated carbocycles. The van der Waals surface area contributed by atoms with Gasteiger partial charge in [-0.15, -0.1) is 0 Å². The molecular formula is C18H15ClFN3O3. The Kier molecular flexibility index (Phi) is 4.90. The van der Waals surface area contributed by atoms with Crippen LogP contribution in [0, 0.1) is 5.82 Å². The van der Waals surface area contributed by atoms with Gasteiger partial charge in [-0.1, -0.05) is 17.7 Å². The number of hydrogen-bond acceptors (Lipinski definition) is 3. The molecule has 0 aliphatic carbocycles. The van der Waals surface area contributed by atoms with Crippen LogP contribution in [0.5, 0.6) is 0 Å². The van der Waals surface area contributed by atoms with Crippen molar-refractivity contribution in [2.45, 2.75) is 19.3 Å². The average Bonchev–Trinajstić information content (AvgIpc) is 2.55. The molecule has 3 rings (SSSR count). The maximum Gasteiger partial charge on any atom is 0.232 e. The highest BCUT2D eigenvalue weighted by Gasteiger charge is 2.31. The van der Waals surface area contributed by atoms with Crippen LogP contribution in [0.2, 0.25) is 5.02 Å². The molecule has 2 aromatic rings. The molecule has 1 aliphatic heterocycles. The molecule has 1 atom stereocenters. The van der Waals surface area contributed by atoms with Crippen molar-refractivity contribution < 1.29 is 18.8 Å². The van der Waals surface area contributed by atoms with E-state index in [1.54, 1.807) is 12.1 Å². The molecule has 0 radical (unpaired) electrons. The summed E-state index contributed by atoms with van der Waals surface area (Å²) < 4.78 is 13.4. The van der Waals surface area contributed by atoms with Crippen molar-refractivity contribution >= 4 is 46.4 Å². The van der Waals surface area contributed by atoms with Crippen molar-refractivity contribution in [3.8, 4) is 0 Å². The highest BCUT2D eigenvalue weighted by atomic mass is 35.5. The number of nitrogens with one attached hydrogen (secondary N) is 3. The minimum atomic E-state index is -0.742. The van der Waals surface area contributed by atoms with E-state index in [2.05, 4.69) is 16.0 Å². The van der Waals surface area contributed by atoms with Crippen molar-refractivity contribution in [1.29, 1.82) is 0 Å². The van der Waals surface area contributed by atoms with Crippen LogP contribution in [0.1, 0.15) is 24.8 Å². The smallest absolute Gasteiger partial charge is 0.232 e. The zero-order valence-corrected chi connectivity index (χ0v) is 14.5. The first kappa shape index (κ1) is 17.9. The van der Waals surface area contributed by atoms with Crippen molar-refractivity contribution in [2.75, 3.05) is 16.0 Å². The van der Waals surface area contributed by atoms with Crippen LogP contribution >= 0.6 is 11.6 Å². The van der Waals surface area contributed by atoms with Crippen molar-refractivity contribution in [3.05, 3.63) is 52.8 Å². The molecule has 26 heavy (non-hydrogen) atoms. The number of benzene rings is 2. The van der Waals surface area contributed by atoms with Gasteiger partial charge in [0.05, 0.1) is 16.6 Å². The first-order chi connectivity index (χ1) is 12.3. The summed E-state index contributed by atoms with van der Waals surface area (Å²) in [5.41, 5.74) is 1.68. The van der Waals surface area contributed by atoms with Gasteiger partial charge in [-0.2, -0.15) is 0 Å². The molecular weight excluding hydrogens is 361 g/mol. The molecule has 6 nitrogen and oxygen atoms in total. The van der Waals surface area contributed by atoms with Gasteiger partial charge in [0.25, 0.3) is 0 Å². The first-order valence-corrected chi connectivity index (χ1v) is 8.18. The van der Waals surface area contributed by atoms with Crippen LogP contribution in [0.25, 0.3) is 0 Å². The summed E-state index contributed by atoms with van der Waals surface area (Å²) >= 11 is 6.09. The molecule has 3 N–H and O–H groups in total. The van der Waals surface area contributed by atoms with Gasteiger partial charge in [0.2, 0.25) is 17.7 Å². The Morgan fingerprint density at radius 3 is 2.65 bits per heavy atom. The van der Waals surface area contributed by atoms with Crippen LogP contribution in [-0.4, -0.2) is 17.7 Å². The van der Waals surface area contributed by atoms with Gasteiger partial charge in [0.1, 0.15) is 5.82 Å². The zero-order chi connectivity index (χ0) is 18.8. The lowest BCUT2D eigenvalue weighted by molar-refractivity contribution is -0.123. The first-order valence-electron chi connectivity index (χ1n) is 7.81. The molecule has 0 fully saturated rings. The predicted molar refractivity (Wildman–Crippen MR) is 96.8 cm³/mol. The van der Waals surface area contributed by atoms with Crippen LogP contribution in [-0.2, 0) is 14.4 Å². The summed E-state index contributed by atoms with van der Waals surface area (Å²) in [5, 5.41) is 8.10. The molecule has 134 valence electrons. The van der Waals surface area contributed by atoms with E-state index in [0.29, 0.717) is 22.6 Å². The fourth-order valence-corrected chi connectivity index (χ4v) is 3.01. The lowest BCUT2D eigenvalue weighted by Gasteiger charge is -2.25. The van der Waals surface area contributed by atoms with Crippen molar-refractivity contribution in [2.24, 2.45) is 0 Å². The molecule has 0 aromatic heterocycles. The van der Waals surface area contributed by atoms with Crippen LogP contribution < -0.4 is 16.0 Å². The van der Waals surface area contributed by atoms with Gasteiger partial charge < -0.3 is 16.0 Å². The van der Waals surface area contributed by atoms with Crippen LogP contribution in [0.3, 0.4) is 0 Å². The highest BCUT2D eigenvalue weighted by Crippen LogP contribution is 2.34. The molecule has 1 heterocycles. The van der Waals surface area contributed by atoms with E-state index in [4.69, 9.17) is 11.6 Å². The second-order valence-electron chi connectivity index (χ2n) is 5.90. The van der Waals surface area contributed by atoms with Gasteiger partial charge in [-0.3, -0.25) is 14.4 Å². The van der Waals surface area contributed by atoms with Crippen molar-refractivity contribution in [3.63, 3.8) is 0 Å². The monoisotopic (exact) mass is 375 g/mol. The minimum Gasteiger partial charge on any atom is -0.326 e. The van der Waals surface area contributed by atoms with E-state index < -0.39 is 17.6 Å². The summed E-state index contributed by atoms with van der Waals surface area (Å²) in [4.78, 5) is 35.6. The third-order valence-corrected chi connectivity index (χ3v) is 4.23. The van der Waals surface area contributed by atoms with E-state index in [9.17, 15) is 18.8 Å². The normalized spacial score (nSPS) is 15.7. The Morgan fingerprint density at radius 1 is 1.19 bits per heavy atom. The van der Waals surface area contributed by atoms with Crippen molar-refractivity contribution in [1.82, 2.24) is 0 Å². The van der Waals surface area contributed by atoms with Gasteiger partial charge >= 0.3 is 0 Å². The Hall–Kier alpha value is -2.93. The van der Waals surface area contributed by atoms with Gasteiger partial charge in [0, 0.05) is 24.7 Å². The molecule has 0 bridgehead atoms. The van der Waals surface area contributed by atoms with E-state index in [-0.39, 0.29) is 23.3 Å². The third kappa shape index (κ3) is 3.83. The summed E-state index contributed by atoms with van der Waals surface area (Å²) in [6, 6.07) is 8.57. The summed E-state index contributed by atoms with van der Waals surface area (Å²) in [6.07, 6.45) is -0.0395. The fourth-order valence-electron chi connectivity index (χ4n) is 2.78. The van der Waals surface area contributed by atoms with Gasteiger partial charge in [-0.05, 0) is 35.9 Å². The summed E-state index contributed by atoms with van der Waals surface area (Å²) in [7, 11) is 0. The van der Waals surface area contributed by atoms with Crippen LogP contribution in [0.15, 0.2) is 36.4 Å². The second-order valence-corrected chi connectivity index (χ2v) is 6.31. The van der Waals surface area contributed by atoms with E-state index >= 15 is 0 Å². The zero-order valence-electron chi connectivity index (χ0n) is 13.7. The third-order valence-electron chi connectivity index (χ3n) is 3.92. The molecule has 3 amide bonds. The maximum absolute atomic E-state index is 13.4. The van der Waals surface area contributed by atoms with E-state index in [0.717, 1.165) is 0 Å². The SMILES string of the molecule is CC(=O)Nc1ccc(NC(=O)[C@@H]2CC(=O)Nc3cc(F)ccc32)cc1Cl. The van der Waals surface area contributed by atoms with Gasteiger partial charge in [-0.25, -0.2) is 4.39 Å². The topological polar surface area (TPSA) is 87.3 Å². The highest BCUT2D eigenvalue weighted by molar-refractivity contribution is 6.34. The number of hydrogen-bond donors (Lipinski definition) is 3. The Bertz CT molecular complexity index is 917. The number of rotatable bonds is 3. The lowest BCUT2D eigenvalue weighted by Crippen LogP contribution is -2.30. The van der Waals surface area contributed by atoms with Crippen LogP contribution in [0.4, 0.5) is 21.5 Å². The number of anilines is 3. The minimum absolute atomic E-state index is 0.0395. The molecule has 2 aromatic carbocycles. The Labute approximate surface area is 153 Å². The molecule has 8 heteroatoms. The summed E-state index contributed by atoms with van der Waals surface area (Å²) in [6.45, 7) is 1.36. The average molecular weight is 376 g/mol. The number of carbonyl (C=O) groups is 3. The maximum atomic E-state index is 13.4. The second kappa shape index (κ2) is 7.13. The number of fused-ring (bicyclic) bond motifs is 1. The molecule has 0 spiro atoms. The fraction of sp³-hybridized carbons (Fsp3) is 0.167. The van der Waals surface area contributed by atoms with E-state index in [1.165, 1.54) is 31.2 Å². The quantitative estimate of drug-likeness (QED) is 0.767. The molecule has 1 aliphatic rings. The Morgan fingerprint density at radius 2 is 1.96 bits per heavy atom. The number of amides is 3. The summed E-state index contributed by atoms with van der Waals surface area (Å²) in [5.74, 6) is -2.27. The van der Waals surface area contributed by atoms with E-state index in [1.807, 2.05) is 0 Å². The van der Waals surface area contributed by atoms with Gasteiger partial charge in [0.15, 0.2) is 0 Å². The largest absolute Gasteiger partial charge is 0.326 e. The Balaban J connectivity index is 1.81. The predicted octanol–water partition coefficient (Wildman–Crippen LogP) is 3.50. The number of halogens is 2. The lowest BCUT2D eigenvalue weighted by atomic mass is 9.89. The number of carbonyl (C=O) groups excluding carboxylic acids is 3. The molecule has 0 unspecified atom stereocenters.